The molecule has 0 saturated heterocycles. The summed E-state index contributed by atoms with van der Waals surface area (Å²) in [6.45, 7) is 1.81. The predicted octanol–water partition coefficient (Wildman–Crippen LogP) is 3.24. The lowest BCUT2D eigenvalue weighted by Gasteiger charge is -2.10. The van der Waals surface area contributed by atoms with E-state index in [9.17, 15) is 15.4 Å². The van der Waals surface area contributed by atoms with Crippen molar-refractivity contribution in [2.24, 2.45) is 0 Å². The smallest absolute Gasteiger partial charge is 0.271 e. The largest absolute Gasteiger partial charge is 0.384 e. The number of nitrogens with two attached hydrogens (primary N) is 1. The van der Waals surface area contributed by atoms with Gasteiger partial charge in [0.05, 0.1) is 21.6 Å². The molecule has 0 radical (unpaired) electrons. The van der Waals surface area contributed by atoms with Crippen molar-refractivity contribution in [2.45, 2.75) is 6.92 Å². The van der Waals surface area contributed by atoms with Gasteiger partial charge < -0.3 is 5.73 Å². The van der Waals surface area contributed by atoms with Gasteiger partial charge in [-0.05, 0) is 24.6 Å². The molecule has 2 aromatic heterocycles. The van der Waals surface area contributed by atoms with Crippen LogP contribution in [0.25, 0.3) is 27.9 Å². The lowest BCUT2D eigenvalue weighted by molar-refractivity contribution is -0.384. The molecular weight excluding hydrogens is 332 g/mol. The highest BCUT2D eigenvalue weighted by Gasteiger charge is 2.22. The number of anilines is 1. The molecule has 0 atom stereocenters. The first-order valence-electron chi connectivity index (χ1n) is 7.73. The number of nitriles is 1. The average molecular weight is 344 g/mol. The molecule has 0 fully saturated rings. The Balaban J connectivity index is 2.15. The molecule has 8 heteroatoms. The van der Waals surface area contributed by atoms with Crippen LogP contribution in [0.15, 0.2) is 42.5 Å². The number of hydrogen-bond acceptors (Lipinski definition) is 6. The third kappa shape index (κ3) is 2.15. The molecule has 0 bridgehead atoms. The number of nitrogen functional groups attached to an aromatic ring is 1. The molecule has 8 nitrogen and oxygen atoms in total. The maximum Gasteiger partial charge on any atom is 0.271 e. The highest BCUT2D eigenvalue weighted by molar-refractivity contribution is 5.93. The summed E-state index contributed by atoms with van der Waals surface area (Å²) in [6.07, 6.45) is 0. The summed E-state index contributed by atoms with van der Waals surface area (Å²) in [4.78, 5) is 19.8. The first kappa shape index (κ1) is 15.5. The molecule has 0 amide bonds. The van der Waals surface area contributed by atoms with Crippen molar-refractivity contribution in [1.29, 1.82) is 5.26 Å². The fourth-order valence-corrected chi connectivity index (χ4v) is 2.97. The van der Waals surface area contributed by atoms with Crippen molar-refractivity contribution in [1.82, 2.24) is 14.5 Å². The molecule has 2 N–H and O–H groups in total. The second kappa shape index (κ2) is 5.53. The van der Waals surface area contributed by atoms with Crippen LogP contribution in [0.5, 0.6) is 0 Å². The number of rotatable bonds is 2. The molecule has 4 aromatic rings. The standard InChI is InChI=1S/C18H12N6O2/c1-10-6-7-11(24(25)26)8-15(10)23-17(20)12(9-19)16-18(23)22-14-5-3-2-4-13(14)21-16/h2-8H,20H2,1H3. The van der Waals surface area contributed by atoms with Gasteiger partial charge in [0, 0.05) is 12.1 Å². The van der Waals surface area contributed by atoms with Crippen LogP contribution in [-0.4, -0.2) is 19.5 Å². The average Bonchev–Trinajstić information content (AvgIpc) is 2.90. The summed E-state index contributed by atoms with van der Waals surface area (Å²) in [5.41, 5.74) is 9.64. The van der Waals surface area contributed by atoms with Gasteiger partial charge in [-0.25, -0.2) is 9.97 Å². The van der Waals surface area contributed by atoms with Crippen LogP contribution in [-0.2, 0) is 0 Å². The Hall–Kier alpha value is -3.99. The van der Waals surface area contributed by atoms with Crippen molar-refractivity contribution in [2.75, 3.05) is 5.73 Å². The van der Waals surface area contributed by atoms with Crippen LogP contribution in [0, 0.1) is 28.4 Å². The third-order valence-corrected chi connectivity index (χ3v) is 4.25. The zero-order valence-corrected chi connectivity index (χ0v) is 13.7. The third-order valence-electron chi connectivity index (χ3n) is 4.25. The Bertz CT molecular complexity index is 1250. The molecule has 126 valence electrons. The molecule has 2 aromatic carbocycles. The minimum Gasteiger partial charge on any atom is -0.384 e. The van der Waals surface area contributed by atoms with Gasteiger partial charge in [-0.15, -0.1) is 0 Å². The molecule has 0 aliphatic heterocycles. The van der Waals surface area contributed by atoms with E-state index in [-0.39, 0.29) is 17.1 Å². The van der Waals surface area contributed by atoms with Crippen LogP contribution in [0.1, 0.15) is 11.1 Å². The second-order valence-corrected chi connectivity index (χ2v) is 5.82. The number of aryl methyl sites for hydroxylation is 1. The highest BCUT2D eigenvalue weighted by atomic mass is 16.6. The second-order valence-electron chi connectivity index (χ2n) is 5.82. The summed E-state index contributed by atoms with van der Waals surface area (Å²) in [6, 6.07) is 13.8. The number of aromatic nitrogens is 3. The topological polar surface area (TPSA) is 124 Å². The first-order chi connectivity index (χ1) is 12.5. The van der Waals surface area contributed by atoms with Gasteiger partial charge >= 0.3 is 0 Å². The molecule has 2 heterocycles. The summed E-state index contributed by atoms with van der Waals surface area (Å²) in [7, 11) is 0. The lowest BCUT2D eigenvalue weighted by atomic mass is 10.2. The number of benzene rings is 2. The minimum absolute atomic E-state index is 0.0703. The van der Waals surface area contributed by atoms with Crippen molar-refractivity contribution >= 4 is 33.7 Å². The normalized spacial score (nSPS) is 10.9. The quantitative estimate of drug-likeness (QED) is 0.440. The van der Waals surface area contributed by atoms with Gasteiger partial charge in [0.2, 0.25) is 0 Å². The summed E-state index contributed by atoms with van der Waals surface area (Å²) >= 11 is 0. The summed E-state index contributed by atoms with van der Waals surface area (Å²) in [5.74, 6) is 0.154. The lowest BCUT2D eigenvalue weighted by Crippen LogP contribution is -2.04. The van der Waals surface area contributed by atoms with Gasteiger partial charge in [-0.2, -0.15) is 5.26 Å². The molecule has 26 heavy (non-hydrogen) atoms. The van der Waals surface area contributed by atoms with Crippen LogP contribution in [0.2, 0.25) is 0 Å². The number of fused-ring (bicyclic) bond motifs is 2. The highest BCUT2D eigenvalue weighted by Crippen LogP contribution is 2.32. The molecule has 0 saturated carbocycles. The number of para-hydroxylation sites is 2. The fraction of sp³-hybridized carbons (Fsp3) is 0.0556. The Morgan fingerprint density at radius 1 is 1.19 bits per heavy atom. The van der Waals surface area contributed by atoms with Gasteiger partial charge in [0.25, 0.3) is 5.69 Å². The van der Waals surface area contributed by atoms with Crippen LogP contribution < -0.4 is 5.73 Å². The van der Waals surface area contributed by atoms with E-state index < -0.39 is 4.92 Å². The number of non-ortho nitro benzene ring substituents is 1. The molecule has 0 spiro atoms. The van der Waals surface area contributed by atoms with E-state index in [1.807, 2.05) is 25.1 Å². The maximum atomic E-state index is 11.2. The van der Waals surface area contributed by atoms with Crippen molar-refractivity contribution in [3.8, 4) is 11.8 Å². The summed E-state index contributed by atoms with van der Waals surface area (Å²) in [5, 5.41) is 20.7. The molecule has 4 rings (SSSR count). The van der Waals surface area contributed by atoms with E-state index in [1.54, 1.807) is 16.7 Å². The van der Waals surface area contributed by atoms with E-state index >= 15 is 0 Å². The van der Waals surface area contributed by atoms with E-state index in [0.717, 1.165) is 5.56 Å². The fourth-order valence-electron chi connectivity index (χ4n) is 2.97. The van der Waals surface area contributed by atoms with Crippen molar-refractivity contribution in [3.05, 3.63) is 63.7 Å². The molecule has 0 aliphatic carbocycles. The maximum absolute atomic E-state index is 11.2. The Morgan fingerprint density at radius 2 is 1.88 bits per heavy atom. The number of nitro benzene ring substituents is 1. The monoisotopic (exact) mass is 344 g/mol. The van der Waals surface area contributed by atoms with Crippen LogP contribution >= 0.6 is 0 Å². The first-order valence-corrected chi connectivity index (χ1v) is 7.73. The zero-order chi connectivity index (χ0) is 18.4. The van der Waals surface area contributed by atoms with Gasteiger partial charge in [-0.3, -0.25) is 14.7 Å². The number of nitrogens with zero attached hydrogens (tertiary/aromatic N) is 5. The van der Waals surface area contributed by atoms with Crippen molar-refractivity contribution < 1.29 is 4.92 Å². The summed E-state index contributed by atoms with van der Waals surface area (Å²) < 4.78 is 1.55. The molecular formula is C18H12N6O2. The van der Waals surface area contributed by atoms with E-state index in [0.29, 0.717) is 27.9 Å². The Morgan fingerprint density at radius 3 is 2.54 bits per heavy atom. The Labute approximate surface area is 147 Å². The molecule has 0 unspecified atom stereocenters. The molecule has 0 aliphatic rings. The minimum atomic E-state index is -0.475. The van der Waals surface area contributed by atoms with Gasteiger partial charge in [-0.1, -0.05) is 18.2 Å². The van der Waals surface area contributed by atoms with Crippen LogP contribution in [0.3, 0.4) is 0 Å². The number of nitro groups is 1. The zero-order valence-electron chi connectivity index (χ0n) is 13.7. The van der Waals surface area contributed by atoms with Crippen molar-refractivity contribution in [3.63, 3.8) is 0 Å². The van der Waals surface area contributed by atoms with Gasteiger partial charge in [0.1, 0.15) is 23.0 Å². The SMILES string of the molecule is Cc1ccc([N+](=O)[O-])cc1-n1c(N)c(C#N)c2nc3ccccc3nc21. The van der Waals surface area contributed by atoms with E-state index in [2.05, 4.69) is 16.0 Å². The van der Waals surface area contributed by atoms with Gasteiger partial charge in [0.15, 0.2) is 5.65 Å². The number of hydrogen-bond donors (Lipinski definition) is 1. The van der Waals surface area contributed by atoms with Crippen LogP contribution in [0.4, 0.5) is 11.5 Å². The predicted molar refractivity (Wildman–Crippen MR) is 96.9 cm³/mol. The van der Waals surface area contributed by atoms with E-state index in [4.69, 9.17) is 5.73 Å². The van der Waals surface area contributed by atoms with E-state index in [1.165, 1.54) is 12.1 Å². The Kier molecular flexibility index (Phi) is 3.30.